The normalized spacial score (nSPS) is 20.6. The third kappa shape index (κ3) is 5.33. The van der Waals surface area contributed by atoms with Crippen LogP contribution in [-0.2, 0) is 9.59 Å². The zero-order valence-electron chi connectivity index (χ0n) is 21.6. The summed E-state index contributed by atoms with van der Waals surface area (Å²) in [6.45, 7) is 7.58. The molecule has 0 bridgehead atoms. The second kappa shape index (κ2) is 10.8. The van der Waals surface area contributed by atoms with Crippen molar-refractivity contribution in [3.63, 3.8) is 0 Å². The van der Waals surface area contributed by atoms with Crippen LogP contribution in [-0.4, -0.2) is 77.8 Å². The van der Waals surface area contributed by atoms with Crippen LogP contribution < -0.4 is 10.6 Å². The highest BCUT2D eigenvalue weighted by Gasteiger charge is 2.35. The first-order valence-electron chi connectivity index (χ1n) is 13.0. The van der Waals surface area contributed by atoms with Crippen LogP contribution in [0.2, 0.25) is 0 Å². The summed E-state index contributed by atoms with van der Waals surface area (Å²) >= 11 is 0. The summed E-state index contributed by atoms with van der Waals surface area (Å²) in [4.78, 5) is 45.0. The number of H-pyrrole nitrogens is 1. The molecule has 3 N–H and O–H groups in total. The molecular formula is C29H32FN5O3. The maximum absolute atomic E-state index is 14.0. The molecule has 3 amide bonds. The van der Waals surface area contributed by atoms with Crippen LogP contribution >= 0.6 is 0 Å². The molecule has 8 nitrogen and oxygen atoms in total. The van der Waals surface area contributed by atoms with E-state index in [0.717, 1.165) is 29.9 Å². The van der Waals surface area contributed by atoms with Gasteiger partial charge in [-0.1, -0.05) is 24.3 Å². The van der Waals surface area contributed by atoms with Crippen molar-refractivity contribution in [1.82, 2.24) is 25.4 Å². The number of piperazine rings is 1. The van der Waals surface area contributed by atoms with Crippen molar-refractivity contribution < 1.29 is 18.8 Å². The summed E-state index contributed by atoms with van der Waals surface area (Å²) in [5.41, 5.74) is 4.61. The number of aromatic amines is 1. The van der Waals surface area contributed by atoms with Crippen molar-refractivity contribution in [2.24, 2.45) is 0 Å². The van der Waals surface area contributed by atoms with Gasteiger partial charge in [0.2, 0.25) is 5.91 Å². The summed E-state index contributed by atoms with van der Waals surface area (Å²) in [6.07, 6.45) is 6.29. The van der Waals surface area contributed by atoms with Crippen molar-refractivity contribution in [3.05, 3.63) is 82.0 Å². The largest absolute Gasteiger partial charge is 0.358 e. The van der Waals surface area contributed by atoms with Crippen LogP contribution in [0, 0.1) is 12.7 Å². The molecule has 2 aromatic rings. The van der Waals surface area contributed by atoms with E-state index in [4.69, 9.17) is 0 Å². The lowest BCUT2D eigenvalue weighted by Gasteiger charge is -2.34. The Morgan fingerprint density at radius 3 is 2.71 bits per heavy atom. The number of nitrogens with zero attached hydrogens (tertiary/aromatic N) is 2. The zero-order valence-corrected chi connectivity index (χ0v) is 21.6. The minimum atomic E-state index is -0.339. The molecule has 1 aromatic carbocycles. The minimum absolute atomic E-state index is 0.0905. The van der Waals surface area contributed by atoms with E-state index < -0.39 is 0 Å². The SMILES string of the molecule is CC(=O)N1CCN(CCNC(=O)c2cc(C)[nH]c2/C=C2\C(=O)NC3CC=CC(c4cccc(F)c4)=C23)CC1. The molecule has 9 heteroatoms. The van der Waals surface area contributed by atoms with Crippen LogP contribution in [0.4, 0.5) is 4.39 Å². The summed E-state index contributed by atoms with van der Waals surface area (Å²) in [5, 5.41) is 6.01. The highest BCUT2D eigenvalue weighted by Crippen LogP contribution is 2.37. The number of fused-ring (bicyclic) bond motifs is 1. The molecule has 5 rings (SSSR count). The zero-order chi connectivity index (χ0) is 26.8. The number of carbonyl (C=O) groups is 3. The van der Waals surface area contributed by atoms with Gasteiger partial charge in [-0.05, 0) is 54.3 Å². The number of aromatic nitrogens is 1. The van der Waals surface area contributed by atoms with E-state index in [0.29, 0.717) is 55.0 Å². The lowest BCUT2D eigenvalue weighted by Crippen LogP contribution is -2.49. The Balaban J connectivity index is 1.35. The van der Waals surface area contributed by atoms with E-state index in [1.165, 1.54) is 12.1 Å². The van der Waals surface area contributed by atoms with Crippen molar-refractivity contribution in [2.75, 3.05) is 39.3 Å². The Hall–Kier alpha value is -3.98. The maximum Gasteiger partial charge on any atom is 0.253 e. The van der Waals surface area contributed by atoms with Gasteiger partial charge < -0.3 is 20.5 Å². The Morgan fingerprint density at radius 1 is 1.18 bits per heavy atom. The maximum atomic E-state index is 14.0. The first-order chi connectivity index (χ1) is 18.3. The molecule has 1 atom stereocenters. The number of halogens is 1. The second-order valence-electron chi connectivity index (χ2n) is 9.94. The van der Waals surface area contributed by atoms with E-state index in [-0.39, 0.29) is 29.6 Å². The molecule has 38 heavy (non-hydrogen) atoms. The molecule has 198 valence electrons. The van der Waals surface area contributed by atoms with Gasteiger partial charge in [-0.2, -0.15) is 0 Å². The highest BCUT2D eigenvalue weighted by molar-refractivity contribution is 6.11. The van der Waals surface area contributed by atoms with Gasteiger partial charge in [-0.3, -0.25) is 19.3 Å². The van der Waals surface area contributed by atoms with Crippen LogP contribution in [0.5, 0.6) is 0 Å². The van der Waals surface area contributed by atoms with Gasteiger partial charge in [0, 0.05) is 57.5 Å². The summed E-state index contributed by atoms with van der Waals surface area (Å²) < 4.78 is 14.0. The van der Waals surface area contributed by atoms with Gasteiger partial charge >= 0.3 is 0 Å². The van der Waals surface area contributed by atoms with Crippen LogP contribution in [0.1, 0.15) is 40.7 Å². The third-order valence-corrected chi connectivity index (χ3v) is 7.32. The summed E-state index contributed by atoms with van der Waals surface area (Å²) in [7, 11) is 0. The Kier molecular flexibility index (Phi) is 7.28. The topological polar surface area (TPSA) is 97.5 Å². The number of hydrogen-bond donors (Lipinski definition) is 3. The monoisotopic (exact) mass is 517 g/mol. The summed E-state index contributed by atoms with van der Waals surface area (Å²) in [5.74, 6) is -0.686. The Labute approximate surface area is 221 Å². The lowest BCUT2D eigenvalue weighted by atomic mass is 9.86. The fourth-order valence-corrected chi connectivity index (χ4v) is 5.36. The first kappa shape index (κ1) is 25.7. The minimum Gasteiger partial charge on any atom is -0.358 e. The lowest BCUT2D eigenvalue weighted by molar-refractivity contribution is -0.130. The molecule has 3 aliphatic rings. The third-order valence-electron chi connectivity index (χ3n) is 7.32. The summed E-state index contributed by atoms with van der Waals surface area (Å²) in [6, 6.07) is 7.92. The number of hydrogen-bond acceptors (Lipinski definition) is 4. The number of carbonyl (C=O) groups excluding carboxylic acids is 3. The van der Waals surface area contributed by atoms with E-state index in [1.54, 1.807) is 25.1 Å². The smallest absolute Gasteiger partial charge is 0.253 e. The average molecular weight is 518 g/mol. The van der Waals surface area contributed by atoms with Gasteiger partial charge in [0.25, 0.3) is 11.8 Å². The first-order valence-corrected chi connectivity index (χ1v) is 13.0. The van der Waals surface area contributed by atoms with Gasteiger partial charge in [0.15, 0.2) is 0 Å². The molecule has 0 radical (unpaired) electrons. The van der Waals surface area contributed by atoms with Crippen molar-refractivity contribution in [1.29, 1.82) is 0 Å². The Morgan fingerprint density at radius 2 is 1.97 bits per heavy atom. The number of nitrogens with one attached hydrogen (secondary N) is 3. The average Bonchev–Trinajstić information content (AvgIpc) is 3.43. The van der Waals surface area contributed by atoms with Crippen molar-refractivity contribution in [3.8, 4) is 0 Å². The molecule has 3 heterocycles. The van der Waals surface area contributed by atoms with Gasteiger partial charge in [0.1, 0.15) is 5.82 Å². The van der Waals surface area contributed by atoms with Crippen molar-refractivity contribution in [2.45, 2.75) is 26.3 Å². The molecule has 1 aromatic heterocycles. The molecule has 2 aliphatic heterocycles. The molecule has 1 unspecified atom stereocenters. The standard InChI is InChI=1S/C29H32FN5O3/c1-18-15-23(28(37)31-9-10-34-11-13-35(14-12-34)19(2)36)26(32-18)17-24-27-22(20-5-3-6-21(30)16-20)7-4-8-25(27)33-29(24)38/h3-7,15-17,25,32H,8-14H2,1-2H3,(H,31,37)(H,33,38)/b24-17-. The van der Waals surface area contributed by atoms with E-state index in [2.05, 4.69) is 20.5 Å². The predicted octanol–water partition coefficient (Wildman–Crippen LogP) is 2.65. The highest BCUT2D eigenvalue weighted by atomic mass is 19.1. The Bertz CT molecular complexity index is 1360. The van der Waals surface area contributed by atoms with E-state index >= 15 is 0 Å². The quantitative estimate of drug-likeness (QED) is 0.514. The number of allylic oxidation sites excluding steroid dienone is 2. The number of benzene rings is 1. The fraction of sp³-hybridized carbons (Fsp3) is 0.345. The number of amides is 3. The predicted molar refractivity (Wildman–Crippen MR) is 144 cm³/mol. The van der Waals surface area contributed by atoms with Gasteiger partial charge in [-0.15, -0.1) is 0 Å². The molecule has 2 saturated heterocycles. The van der Waals surface area contributed by atoms with Crippen molar-refractivity contribution >= 4 is 29.4 Å². The fourth-order valence-electron chi connectivity index (χ4n) is 5.36. The van der Waals surface area contributed by atoms with E-state index in [9.17, 15) is 18.8 Å². The molecule has 0 saturated carbocycles. The molecule has 1 aliphatic carbocycles. The van der Waals surface area contributed by atoms with Crippen LogP contribution in [0.15, 0.2) is 53.6 Å². The van der Waals surface area contributed by atoms with Crippen LogP contribution in [0.25, 0.3) is 11.6 Å². The molecule has 2 fully saturated rings. The van der Waals surface area contributed by atoms with Gasteiger partial charge in [-0.25, -0.2) is 4.39 Å². The number of aryl methyl sites for hydroxylation is 1. The molecular weight excluding hydrogens is 485 g/mol. The second-order valence-corrected chi connectivity index (χ2v) is 9.94. The van der Waals surface area contributed by atoms with Gasteiger partial charge in [0.05, 0.1) is 17.3 Å². The molecule has 0 spiro atoms. The van der Waals surface area contributed by atoms with Crippen LogP contribution in [0.3, 0.4) is 0 Å². The van der Waals surface area contributed by atoms with E-state index in [1.807, 2.05) is 30.0 Å². The number of rotatable bonds is 6.